The maximum atomic E-state index is 12.3. The van der Waals surface area contributed by atoms with Gasteiger partial charge in [-0.2, -0.15) is 0 Å². The molecule has 0 saturated carbocycles. The van der Waals surface area contributed by atoms with Gasteiger partial charge in [0.05, 0.1) is 4.90 Å². The van der Waals surface area contributed by atoms with Crippen LogP contribution in [0.1, 0.15) is 37.6 Å². The molecule has 0 saturated heterocycles. The average molecular weight is 283 g/mol. The molecule has 0 N–H and O–H groups in total. The van der Waals surface area contributed by atoms with Crippen LogP contribution in [0.5, 0.6) is 0 Å². The molecule has 0 amide bonds. The molecule has 0 heterocycles. The van der Waals surface area contributed by atoms with Gasteiger partial charge in [-0.15, -0.1) is 0 Å². The number of ketones is 1. The number of nitrogens with zero attached hydrogens (tertiary/aromatic N) is 1. The molecule has 1 aromatic rings. The van der Waals surface area contributed by atoms with E-state index in [1.165, 1.54) is 23.4 Å². The van der Waals surface area contributed by atoms with Gasteiger partial charge >= 0.3 is 0 Å². The Kier molecular flexibility index (Phi) is 5.26. The smallest absolute Gasteiger partial charge is 0.242 e. The quantitative estimate of drug-likeness (QED) is 0.754. The van der Waals surface area contributed by atoms with E-state index in [4.69, 9.17) is 0 Å². The zero-order valence-corrected chi connectivity index (χ0v) is 12.7. The topological polar surface area (TPSA) is 54.5 Å². The van der Waals surface area contributed by atoms with E-state index in [0.717, 1.165) is 6.42 Å². The van der Waals surface area contributed by atoms with Crippen molar-refractivity contribution in [2.24, 2.45) is 5.92 Å². The summed E-state index contributed by atoms with van der Waals surface area (Å²) in [6.07, 6.45) is 0.821. The molecule has 1 rings (SSSR count). The first-order valence-electron chi connectivity index (χ1n) is 6.32. The van der Waals surface area contributed by atoms with E-state index in [1.807, 2.05) is 0 Å². The predicted octanol–water partition coefficient (Wildman–Crippen LogP) is 2.56. The number of carbonyl (C=O) groups is 1. The number of benzene rings is 1. The van der Waals surface area contributed by atoms with Gasteiger partial charge in [0.15, 0.2) is 5.78 Å². The van der Waals surface area contributed by atoms with Crippen LogP contribution in [-0.2, 0) is 10.0 Å². The highest BCUT2D eigenvalue weighted by atomic mass is 32.2. The Morgan fingerprint density at radius 1 is 1.21 bits per heavy atom. The normalized spacial score (nSPS) is 12.1. The van der Waals surface area contributed by atoms with Crippen molar-refractivity contribution in [3.05, 3.63) is 29.8 Å². The SMILES string of the molecule is CC(=O)c1ccc(S(=O)(=O)N(C)CCC(C)C)cc1. The highest BCUT2D eigenvalue weighted by molar-refractivity contribution is 7.89. The highest BCUT2D eigenvalue weighted by Crippen LogP contribution is 2.16. The third kappa shape index (κ3) is 4.14. The number of sulfonamides is 1. The summed E-state index contributed by atoms with van der Waals surface area (Å²) in [4.78, 5) is 11.4. The molecule has 0 unspecified atom stereocenters. The highest BCUT2D eigenvalue weighted by Gasteiger charge is 2.20. The molecular formula is C14H21NO3S. The van der Waals surface area contributed by atoms with E-state index >= 15 is 0 Å². The van der Waals surface area contributed by atoms with Crippen LogP contribution < -0.4 is 0 Å². The molecule has 106 valence electrons. The van der Waals surface area contributed by atoms with Crippen LogP contribution in [0.2, 0.25) is 0 Å². The Bertz CT molecular complexity index is 532. The standard InChI is InChI=1S/C14H21NO3S/c1-11(2)9-10-15(4)19(17,18)14-7-5-13(6-8-14)12(3)16/h5-8,11H,9-10H2,1-4H3. The minimum absolute atomic E-state index is 0.0721. The van der Waals surface area contributed by atoms with E-state index in [2.05, 4.69) is 13.8 Å². The number of Topliss-reactive ketones (excluding diaryl/α,β-unsaturated/α-hetero) is 1. The molecule has 0 spiro atoms. The van der Waals surface area contributed by atoms with Crippen molar-refractivity contribution >= 4 is 15.8 Å². The van der Waals surface area contributed by atoms with Gasteiger partial charge < -0.3 is 0 Å². The zero-order valence-electron chi connectivity index (χ0n) is 11.9. The van der Waals surface area contributed by atoms with Crippen LogP contribution in [0.3, 0.4) is 0 Å². The van der Waals surface area contributed by atoms with Gasteiger partial charge in [-0.05, 0) is 31.4 Å². The van der Waals surface area contributed by atoms with Gasteiger partial charge in [0, 0.05) is 19.2 Å². The van der Waals surface area contributed by atoms with Gasteiger partial charge in [-0.25, -0.2) is 12.7 Å². The Hall–Kier alpha value is -1.20. The Labute approximate surface area is 115 Å². The van der Waals surface area contributed by atoms with Gasteiger partial charge in [0.2, 0.25) is 10.0 Å². The van der Waals surface area contributed by atoms with E-state index in [1.54, 1.807) is 19.2 Å². The molecule has 0 radical (unpaired) electrons. The van der Waals surface area contributed by atoms with Crippen molar-refractivity contribution in [3.8, 4) is 0 Å². The van der Waals surface area contributed by atoms with E-state index < -0.39 is 10.0 Å². The molecule has 4 nitrogen and oxygen atoms in total. The molecule has 0 aromatic heterocycles. The fourth-order valence-corrected chi connectivity index (χ4v) is 2.79. The Morgan fingerprint density at radius 3 is 2.16 bits per heavy atom. The summed E-state index contributed by atoms with van der Waals surface area (Å²) in [7, 11) is -1.88. The largest absolute Gasteiger partial charge is 0.295 e. The van der Waals surface area contributed by atoms with Crippen LogP contribution in [0.15, 0.2) is 29.2 Å². The minimum Gasteiger partial charge on any atom is -0.295 e. The first kappa shape index (κ1) is 15.9. The molecule has 0 aliphatic carbocycles. The molecule has 0 aliphatic heterocycles. The van der Waals surface area contributed by atoms with Crippen molar-refractivity contribution in [2.45, 2.75) is 32.1 Å². The van der Waals surface area contributed by atoms with Gasteiger partial charge in [0.1, 0.15) is 0 Å². The molecule has 1 aromatic carbocycles. The third-order valence-electron chi connectivity index (χ3n) is 2.99. The lowest BCUT2D eigenvalue weighted by atomic mass is 10.1. The van der Waals surface area contributed by atoms with Crippen LogP contribution in [0.4, 0.5) is 0 Å². The Morgan fingerprint density at radius 2 is 1.74 bits per heavy atom. The summed E-state index contributed by atoms with van der Waals surface area (Å²) in [5.41, 5.74) is 0.517. The molecule has 0 aliphatic rings. The van der Waals surface area contributed by atoms with Gasteiger partial charge in [-0.1, -0.05) is 26.0 Å². The van der Waals surface area contributed by atoms with Crippen LogP contribution >= 0.6 is 0 Å². The zero-order chi connectivity index (χ0) is 14.6. The van der Waals surface area contributed by atoms with Crippen molar-refractivity contribution < 1.29 is 13.2 Å². The number of hydrogen-bond donors (Lipinski definition) is 0. The summed E-state index contributed by atoms with van der Waals surface area (Å²) in [6, 6.07) is 6.06. The van der Waals surface area contributed by atoms with Crippen LogP contribution in [0.25, 0.3) is 0 Å². The van der Waals surface area contributed by atoms with Crippen molar-refractivity contribution in [1.29, 1.82) is 0 Å². The van der Waals surface area contributed by atoms with Crippen LogP contribution in [0, 0.1) is 5.92 Å². The maximum Gasteiger partial charge on any atom is 0.242 e. The summed E-state index contributed by atoms with van der Waals surface area (Å²) in [5, 5.41) is 0. The predicted molar refractivity (Wildman–Crippen MR) is 75.7 cm³/mol. The summed E-state index contributed by atoms with van der Waals surface area (Å²) < 4.78 is 25.9. The lowest BCUT2D eigenvalue weighted by Crippen LogP contribution is -2.28. The van der Waals surface area contributed by atoms with Crippen molar-refractivity contribution in [3.63, 3.8) is 0 Å². The van der Waals surface area contributed by atoms with E-state index in [0.29, 0.717) is 18.0 Å². The molecular weight excluding hydrogens is 262 g/mol. The number of hydrogen-bond acceptors (Lipinski definition) is 3. The molecule has 0 bridgehead atoms. The lowest BCUT2D eigenvalue weighted by Gasteiger charge is -2.18. The maximum absolute atomic E-state index is 12.3. The van der Waals surface area contributed by atoms with E-state index in [-0.39, 0.29) is 10.7 Å². The Balaban J connectivity index is 2.90. The molecule has 0 atom stereocenters. The molecule has 5 heteroatoms. The lowest BCUT2D eigenvalue weighted by molar-refractivity contribution is 0.101. The fourth-order valence-electron chi connectivity index (χ4n) is 1.60. The second-order valence-corrected chi connectivity index (χ2v) is 7.13. The average Bonchev–Trinajstić information content (AvgIpc) is 2.35. The monoisotopic (exact) mass is 283 g/mol. The summed E-state index contributed by atoms with van der Waals surface area (Å²) in [5.74, 6) is 0.384. The fraction of sp³-hybridized carbons (Fsp3) is 0.500. The number of rotatable bonds is 6. The van der Waals surface area contributed by atoms with Crippen molar-refractivity contribution in [2.75, 3.05) is 13.6 Å². The summed E-state index contributed by atoms with van der Waals surface area (Å²) >= 11 is 0. The first-order chi connectivity index (χ1) is 8.75. The second kappa shape index (κ2) is 6.30. The molecule has 19 heavy (non-hydrogen) atoms. The summed E-state index contributed by atoms with van der Waals surface area (Å²) in [6.45, 7) is 6.07. The first-order valence-corrected chi connectivity index (χ1v) is 7.76. The second-order valence-electron chi connectivity index (χ2n) is 5.09. The van der Waals surface area contributed by atoms with Gasteiger partial charge in [0.25, 0.3) is 0 Å². The third-order valence-corrected chi connectivity index (χ3v) is 4.86. The minimum atomic E-state index is -3.46. The van der Waals surface area contributed by atoms with Crippen LogP contribution in [-0.4, -0.2) is 32.1 Å². The van der Waals surface area contributed by atoms with Crippen molar-refractivity contribution in [1.82, 2.24) is 4.31 Å². The van der Waals surface area contributed by atoms with E-state index in [9.17, 15) is 13.2 Å². The van der Waals surface area contributed by atoms with Gasteiger partial charge in [-0.3, -0.25) is 4.79 Å². The molecule has 0 fully saturated rings. The number of carbonyl (C=O) groups excluding carboxylic acids is 1.